The molecule has 5 N–H and O–H groups in total. The number of methoxy groups -OCH3 is 1. The van der Waals surface area contributed by atoms with E-state index in [4.69, 9.17) is 16.2 Å². The first kappa shape index (κ1) is 28.9. The van der Waals surface area contributed by atoms with Crippen molar-refractivity contribution in [3.8, 4) is 16.9 Å². The molecule has 5 aromatic rings. The van der Waals surface area contributed by atoms with Crippen LogP contribution >= 0.6 is 11.3 Å². The third-order valence-electron chi connectivity index (χ3n) is 8.55. The molecule has 1 aliphatic heterocycles. The smallest absolute Gasteiger partial charge is 0.272 e. The van der Waals surface area contributed by atoms with E-state index >= 15 is 0 Å². The average Bonchev–Trinajstić information content (AvgIpc) is 3.63. The molecule has 1 amide bonds. The summed E-state index contributed by atoms with van der Waals surface area (Å²) < 4.78 is 8.72. The maximum Gasteiger partial charge on any atom is 0.272 e. The monoisotopic (exact) mass is 594 g/mol. The van der Waals surface area contributed by atoms with Crippen molar-refractivity contribution in [3.05, 3.63) is 77.4 Å². The number of aromatic nitrogens is 2. The summed E-state index contributed by atoms with van der Waals surface area (Å²) >= 11 is 1.66. The number of nitrogens with two attached hydrogens (primary N) is 2. The molecule has 0 spiro atoms. The number of anilines is 2. The summed E-state index contributed by atoms with van der Waals surface area (Å²) in [6, 6.07) is 15.6. The van der Waals surface area contributed by atoms with Gasteiger partial charge in [-0.3, -0.25) is 4.79 Å². The minimum atomic E-state index is -0.198. The van der Waals surface area contributed by atoms with E-state index in [2.05, 4.69) is 32.7 Å². The molecule has 4 heterocycles. The Hall–Kier alpha value is -4.18. The lowest BCUT2D eigenvalue weighted by molar-refractivity contribution is 0.101. The van der Waals surface area contributed by atoms with Crippen LogP contribution in [0.15, 0.2) is 66.2 Å². The van der Waals surface area contributed by atoms with Crippen LogP contribution in [0, 0.1) is 5.92 Å². The number of nitrogen functional groups attached to an aromatic ring is 1. The zero-order chi connectivity index (χ0) is 29.9. The molecule has 43 heavy (non-hydrogen) atoms. The zero-order valence-corrected chi connectivity index (χ0v) is 25.5. The van der Waals surface area contributed by atoms with Gasteiger partial charge in [0.15, 0.2) is 0 Å². The van der Waals surface area contributed by atoms with E-state index in [9.17, 15) is 4.79 Å². The van der Waals surface area contributed by atoms with Crippen molar-refractivity contribution in [1.29, 1.82) is 0 Å². The number of rotatable bonds is 9. The molecule has 1 saturated heterocycles. The number of fused-ring (bicyclic) bond motifs is 2. The number of thiophene rings is 1. The Labute approximate surface area is 256 Å². The Morgan fingerprint density at radius 3 is 2.77 bits per heavy atom. The van der Waals surface area contributed by atoms with Crippen molar-refractivity contribution in [2.75, 3.05) is 44.3 Å². The normalized spacial score (nSPS) is 14.7. The van der Waals surface area contributed by atoms with Gasteiger partial charge in [-0.25, -0.2) is 4.98 Å². The van der Waals surface area contributed by atoms with E-state index in [-0.39, 0.29) is 5.91 Å². The molecule has 0 atom stereocenters. The van der Waals surface area contributed by atoms with Gasteiger partial charge < -0.3 is 31.0 Å². The molecule has 6 rings (SSSR count). The van der Waals surface area contributed by atoms with Crippen LogP contribution in [0.3, 0.4) is 0 Å². The Morgan fingerprint density at radius 1 is 1.19 bits per heavy atom. The van der Waals surface area contributed by atoms with Crippen molar-refractivity contribution < 1.29 is 9.53 Å². The number of piperidine rings is 1. The van der Waals surface area contributed by atoms with Gasteiger partial charge in [-0.05, 0) is 80.0 Å². The molecule has 8 nitrogen and oxygen atoms in total. The van der Waals surface area contributed by atoms with Crippen molar-refractivity contribution in [1.82, 2.24) is 14.5 Å². The SMILES string of the molecule is COc1cc(-c2csc3c(C=CCCN4CCC(CN)CC4)cnc(N)c23)ccc1NC(=O)c1cc2ccccc2n1C. The number of para-hydroxylation sites is 1. The lowest BCUT2D eigenvalue weighted by Crippen LogP contribution is -2.36. The van der Waals surface area contributed by atoms with E-state index in [0.717, 1.165) is 70.3 Å². The highest BCUT2D eigenvalue weighted by molar-refractivity contribution is 7.18. The number of nitrogens with one attached hydrogen (secondary N) is 1. The fourth-order valence-corrected chi connectivity index (χ4v) is 7.07. The fourth-order valence-electron chi connectivity index (χ4n) is 5.99. The number of benzene rings is 2. The van der Waals surface area contributed by atoms with Crippen molar-refractivity contribution in [3.63, 3.8) is 0 Å². The third-order valence-corrected chi connectivity index (χ3v) is 9.58. The van der Waals surface area contributed by atoms with Gasteiger partial charge in [0.1, 0.15) is 17.3 Å². The number of aryl methyl sites for hydroxylation is 1. The molecule has 0 bridgehead atoms. The second kappa shape index (κ2) is 12.6. The molecule has 0 unspecified atom stereocenters. The zero-order valence-electron chi connectivity index (χ0n) is 24.7. The summed E-state index contributed by atoms with van der Waals surface area (Å²) in [7, 11) is 3.50. The van der Waals surface area contributed by atoms with Crippen LogP contribution in [0.4, 0.5) is 11.5 Å². The number of carbonyl (C=O) groups excluding carboxylic acids is 1. The molecule has 0 aliphatic carbocycles. The van der Waals surface area contributed by atoms with Crippen LogP contribution in [-0.2, 0) is 7.05 Å². The Balaban J connectivity index is 1.20. The quantitative estimate of drug-likeness (QED) is 0.183. The van der Waals surface area contributed by atoms with Gasteiger partial charge in [-0.15, -0.1) is 11.3 Å². The van der Waals surface area contributed by atoms with E-state index in [1.807, 2.05) is 66.3 Å². The van der Waals surface area contributed by atoms with Gasteiger partial charge in [0.25, 0.3) is 5.91 Å². The highest BCUT2D eigenvalue weighted by Gasteiger charge is 2.19. The van der Waals surface area contributed by atoms with Crippen molar-refractivity contribution >= 4 is 55.8 Å². The molecule has 222 valence electrons. The summed E-state index contributed by atoms with van der Waals surface area (Å²) in [6.07, 6.45) is 9.63. The fraction of sp³-hybridized carbons (Fsp3) is 0.294. The molecule has 1 aliphatic rings. The predicted molar refractivity (Wildman–Crippen MR) is 179 cm³/mol. The summed E-state index contributed by atoms with van der Waals surface area (Å²) in [5.41, 5.74) is 17.4. The molecule has 3 aromatic heterocycles. The number of amides is 1. The molecule has 1 fully saturated rings. The number of hydrogen-bond donors (Lipinski definition) is 3. The maximum atomic E-state index is 13.2. The highest BCUT2D eigenvalue weighted by Crippen LogP contribution is 2.41. The molecule has 0 saturated carbocycles. The van der Waals surface area contributed by atoms with E-state index < -0.39 is 0 Å². The van der Waals surface area contributed by atoms with Crippen molar-refractivity contribution in [2.24, 2.45) is 18.7 Å². The van der Waals surface area contributed by atoms with Crippen molar-refractivity contribution in [2.45, 2.75) is 19.3 Å². The standard InChI is InChI=1S/C34H38N6O2S/c1-39-28-9-4-3-7-24(28)17-29(39)34(41)38-27-11-10-23(18-30(27)42-2)26-21-43-32-25(20-37-33(36)31(26)32)8-5-6-14-40-15-12-22(19-35)13-16-40/h3-5,7-11,17-18,20-22H,6,12-16,19,35H2,1-2H3,(H2,36,37)(H,38,41). The van der Waals surface area contributed by atoms with Gasteiger partial charge in [0.05, 0.1) is 12.8 Å². The minimum Gasteiger partial charge on any atom is -0.495 e. The first-order valence-electron chi connectivity index (χ1n) is 14.8. The number of hydrogen-bond acceptors (Lipinski definition) is 7. The summed E-state index contributed by atoms with van der Waals surface area (Å²) in [5.74, 6) is 1.55. The van der Waals surface area contributed by atoms with E-state index in [1.165, 1.54) is 12.8 Å². The first-order valence-corrected chi connectivity index (χ1v) is 15.6. The second-order valence-electron chi connectivity index (χ2n) is 11.2. The van der Waals surface area contributed by atoms with Gasteiger partial charge >= 0.3 is 0 Å². The van der Waals surface area contributed by atoms with Crippen LogP contribution in [0.25, 0.3) is 38.2 Å². The largest absolute Gasteiger partial charge is 0.495 e. The van der Waals surface area contributed by atoms with E-state index in [0.29, 0.717) is 28.9 Å². The average molecular weight is 595 g/mol. The molecule has 2 aromatic carbocycles. The molecular formula is C34H38N6O2S. The number of pyridine rings is 1. The number of ether oxygens (including phenoxy) is 1. The summed E-state index contributed by atoms with van der Waals surface area (Å²) in [6.45, 7) is 4.12. The number of nitrogens with zero attached hydrogens (tertiary/aromatic N) is 3. The predicted octanol–water partition coefficient (Wildman–Crippen LogP) is 6.37. The van der Waals surface area contributed by atoms with E-state index in [1.54, 1.807) is 18.4 Å². The van der Waals surface area contributed by atoms with Gasteiger partial charge in [-0.2, -0.15) is 0 Å². The van der Waals surface area contributed by atoms with Gasteiger partial charge in [-0.1, -0.05) is 36.4 Å². The highest BCUT2D eigenvalue weighted by atomic mass is 32.1. The Morgan fingerprint density at radius 2 is 2.00 bits per heavy atom. The second-order valence-corrected chi connectivity index (χ2v) is 12.1. The van der Waals surface area contributed by atoms with Crippen LogP contribution in [0.2, 0.25) is 0 Å². The molecular weight excluding hydrogens is 556 g/mol. The van der Waals surface area contributed by atoms with Gasteiger partial charge in [0.2, 0.25) is 0 Å². The molecule has 0 radical (unpaired) electrons. The Kier molecular flexibility index (Phi) is 8.47. The number of likely N-dealkylation sites (tertiary alicyclic amines) is 1. The summed E-state index contributed by atoms with van der Waals surface area (Å²) in [5, 5.41) is 7.10. The number of carbonyl (C=O) groups is 1. The molecule has 9 heteroatoms. The van der Waals surface area contributed by atoms with Crippen LogP contribution < -0.4 is 21.5 Å². The van der Waals surface area contributed by atoms with Crippen LogP contribution in [-0.4, -0.2) is 53.6 Å². The van der Waals surface area contributed by atoms with Crippen LogP contribution in [0.1, 0.15) is 35.3 Å². The summed E-state index contributed by atoms with van der Waals surface area (Å²) in [4.78, 5) is 20.3. The maximum absolute atomic E-state index is 13.2. The lowest BCUT2D eigenvalue weighted by atomic mass is 9.97. The van der Waals surface area contributed by atoms with Gasteiger partial charge in [0, 0.05) is 51.9 Å². The van der Waals surface area contributed by atoms with Crippen LogP contribution in [0.5, 0.6) is 5.75 Å². The minimum absolute atomic E-state index is 0.198. The Bertz CT molecular complexity index is 1800. The lowest BCUT2D eigenvalue weighted by Gasteiger charge is -2.30. The topological polar surface area (TPSA) is 111 Å². The first-order chi connectivity index (χ1) is 21.0. The third kappa shape index (κ3) is 5.88.